The standard InChI is InChI=1S/C13H18N4O2/c1-9-8-16(2)5-6-17(9)13(19)10-3-4-11(12(14)18)15-7-10/h3-4,7,9H,5-6,8H2,1-2H3,(H2,14,18)/t9-/m1/s1. The van der Waals surface area contributed by atoms with E-state index in [1.54, 1.807) is 6.07 Å². The van der Waals surface area contributed by atoms with Gasteiger partial charge < -0.3 is 15.5 Å². The number of likely N-dealkylation sites (N-methyl/N-ethyl adjacent to an activating group) is 1. The highest BCUT2D eigenvalue weighted by Gasteiger charge is 2.26. The van der Waals surface area contributed by atoms with E-state index in [0.29, 0.717) is 12.1 Å². The second kappa shape index (κ2) is 5.36. The predicted octanol–water partition coefficient (Wildman–Crippen LogP) is -0.0434. The van der Waals surface area contributed by atoms with Crippen LogP contribution in [0.4, 0.5) is 0 Å². The van der Waals surface area contributed by atoms with E-state index in [0.717, 1.165) is 13.1 Å². The molecule has 1 saturated heterocycles. The van der Waals surface area contributed by atoms with Crippen LogP contribution in [0.25, 0.3) is 0 Å². The minimum atomic E-state index is -0.591. The Labute approximate surface area is 112 Å². The number of nitrogens with zero attached hydrogens (tertiary/aromatic N) is 3. The summed E-state index contributed by atoms with van der Waals surface area (Å²) < 4.78 is 0. The number of primary amides is 1. The Morgan fingerprint density at radius 2 is 2.11 bits per heavy atom. The Bertz CT molecular complexity index is 486. The molecule has 1 aromatic rings. The Hall–Kier alpha value is -1.95. The lowest BCUT2D eigenvalue weighted by Crippen LogP contribution is -2.52. The van der Waals surface area contributed by atoms with Crippen LogP contribution in [0.15, 0.2) is 18.3 Å². The number of pyridine rings is 1. The molecule has 0 saturated carbocycles. The molecule has 1 atom stereocenters. The summed E-state index contributed by atoms with van der Waals surface area (Å²) >= 11 is 0. The van der Waals surface area contributed by atoms with E-state index in [4.69, 9.17) is 5.73 Å². The first kappa shape index (κ1) is 13.5. The maximum Gasteiger partial charge on any atom is 0.267 e. The number of rotatable bonds is 2. The van der Waals surface area contributed by atoms with E-state index in [-0.39, 0.29) is 17.6 Å². The highest BCUT2D eigenvalue weighted by Crippen LogP contribution is 2.12. The van der Waals surface area contributed by atoms with Crippen molar-refractivity contribution in [2.45, 2.75) is 13.0 Å². The van der Waals surface area contributed by atoms with Gasteiger partial charge in [-0.15, -0.1) is 0 Å². The average Bonchev–Trinajstić information content (AvgIpc) is 2.38. The van der Waals surface area contributed by atoms with Crippen LogP contribution in [0.5, 0.6) is 0 Å². The summed E-state index contributed by atoms with van der Waals surface area (Å²) in [6.45, 7) is 4.45. The zero-order valence-corrected chi connectivity index (χ0v) is 11.2. The van der Waals surface area contributed by atoms with Gasteiger partial charge in [0.05, 0.1) is 5.56 Å². The van der Waals surface area contributed by atoms with Crippen LogP contribution in [0.2, 0.25) is 0 Å². The van der Waals surface area contributed by atoms with Crippen molar-refractivity contribution in [1.82, 2.24) is 14.8 Å². The summed E-state index contributed by atoms with van der Waals surface area (Å²) in [5.74, 6) is -0.643. The zero-order valence-electron chi connectivity index (χ0n) is 11.2. The maximum atomic E-state index is 12.3. The van der Waals surface area contributed by atoms with Gasteiger partial charge in [-0.05, 0) is 26.1 Å². The Morgan fingerprint density at radius 3 is 2.63 bits per heavy atom. The van der Waals surface area contributed by atoms with Crippen LogP contribution < -0.4 is 5.73 Å². The molecule has 0 spiro atoms. The maximum absolute atomic E-state index is 12.3. The molecular formula is C13H18N4O2. The number of hydrogen-bond acceptors (Lipinski definition) is 4. The SMILES string of the molecule is C[C@@H]1CN(C)CCN1C(=O)c1ccc(C(N)=O)nc1. The predicted molar refractivity (Wildman–Crippen MR) is 70.8 cm³/mol. The number of aromatic nitrogens is 1. The third kappa shape index (κ3) is 2.90. The van der Waals surface area contributed by atoms with Gasteiger partial charge >= 0.3 is 0 Å². The van der Waals surface area contributed by atoms with E-state index in [2.05, 4.69) is 9.88 Å². The van der Waals surface area contributed by atoms with Crippen molar-refractivity contribution < 1.29 is 9.59 Å². The molecule has 2 amide bonds. The van der Waals surface area contributed by atoms with Gasteiger partial charge in [0, 0.05) is 31.9 Å². The first-order chi connectivity index (χ1) is 8.99. The van der Waals surface area contributed by atoms with Crippen LogP contribution in [-0.4, -0.2) is 59.3 Å². The van der Waals surface area contributed by atoms with E-state index in [9.17, 15) is 9.59 Å². The minimum Gasteiger partial charge on any atom is -0.364 e. The first-order valence-corrected chi connectivity index (χ1v) is 6.24. The summed E-state index contributed by atoms with van der Waals surface area (Å²) in [6.07, 6.45) is 1.41. The van der Waals surface area contributed by atoms with Gasteiger partial charge in [0.25, 0.3) is 11.8 Å². The lowest BCUT2D eigenvalue weighted by Gasteiger charge is -2.38. The van der Waals surface area contributed by atoms with Gasteiger partial charge in [-0.1, -0.05) is 0 Å². The quantitative estimate of drug-likeness (QED) is 0.811. The van der Waals surface area contributed by atoms with Crippen molar-refractivity contribution in [3.63, 3.8) is 0 Å². The minimum absolute atomic E-state index is 0.0517. The van der Waals surface area contributed by atoms with Crippen LogP contribution in [0, 0.1) is 0 Å². The number of carbonyl (C=O) groups is 2. The molecule has 19 heavy (non-hydrogen) atoms. The highest BCUT2D eigenvalue weighted by atomic mass is 16.2. The van der Waals surface area contributed by atoms with E-state index in [1.807, 2.05) is 18.9 Å². The van der Waals surface area contributed by atoms with Crippen molar-refractivity contribution >= 4 is 11.8 Å². The summed E-state index contributed by atoms with van der Waals surface area (Å²) in [4.78, 5) is 31.2. The second-order valence-electron chi connectivity index (χ2n) is 4.91. The zero-order chi connectivity index (χ0) is 14.0. The number of carbonyl (C=O) groups excluding carboxylic acids is 2. The van der Waals surface area contributed by atoms with Gasteiger partial charge in [-0.25, -0.2) is 0 Å². The average molecular weight is 262 g/mol. The normalized spacial score (nSPS) is 20.3. The van der Waals surface area contributed by atoms with E-state index < -0.39 is 5.91 Å². The number of nitrogens with two attached hydrogens (primary N) is 1. The fourth-order valence-electron chi connectivity index (χ4n) is 2.27. The smallest absolute Gasteiger partial charge is 0.267 e. The summed E-state index contributed by atoms with van der Waals surface area (Å²) in [5.41, 5.74) is 5.77. The van der Waals surface area contributed by atoms with Crippen LogP contribution in [0.3, 0.4) is 0 Å². The molecule has 6 heteroatoms. The van der Waals surface area contributed by atoms with Gasteiger partial charge in [0.1, 0.15) is 5.69 Å². The molecule has 2 rings (SSSR count). The van der Waals surface area contributed by atoms with Crippen molar-refractivity contribution in [3.8, 4) is 0 Å². The Balaban J connectivity index is 2.13. The van der Waals surface area contributed by atoms with Crippen LogP contribution in [-0.2, 0) is 0 Å². The molecule has 1 aliphatic heterocycles. The van der Waals surface area contributed by atoms with Crippen molar-refractivity contribution in [2.24, 2.45) is 5.73 Å². The largest absolute Gasteiger partial charge is 0.364 e. The molecule has 1 aliphatic rings. The number of amides is 2. The second-order valence-corrected chi connectivity index (χ2v) is 4.91. The molecule has 0 radical (unpaired) electrons. The molecule has 0 aromatic carbocycles. The molecule has 102 valence electrons. The summed E-state index contributed by atoms with van der Waals surface area (Å²) in [6, 6.07) is 3.25. The Morgan fingerprint density at radius 1 is 1.37 bits per heavy atom. The summed E-state index contributed by atoms with van der Waals surface area (Å²) in [5, 5.41) is 0. The van der Waals surface area contributed by atoms with Crippen LogP contribution in [0.1, 0.15) is 27.8 Å². The molecule has 0 bridgehead atoms. The lowest BCUT2D eigenvalue weighted by atomic mass is 10.1. The van der Waals surface area contributed by atoms with Crippen LogP contribution >= 0.6 is 0 Å². The van der Waals surface area contributed by atoms with Crippen molar-refractivity contribution in [2.75, 3.05) is 26.7 Å². The van der Waals surface area contributed by atoms with Crippen molar-refractivity contribution in [1.29, 1.82) is 0 Å². The van der Waals surface area contributed by atoms with Gasteiger partial charge in [0.2, 0.25) is 0 Å². The van der Waals surface area contributed by atoms with Gasteiger partial charge in [-0.2, -0.15) is 0 Å². The fraction of sp³-hybridized carbons (Fsp3) is 0.462. The number of piperazine rings is 1. The highest BCUT2D eigenvalue weighted by molar-refractivity contribution is 5.96. The third-order valence-electron chi connectivity index (χ3n) is 3.35. The molecule has 0 unspecified atom stereocenters. The van der Waals surface area contributed by atoms with Gasteiger partial charge in [-0.3, -0.25) is 14.6 Å². The van der Waals surface area contributed by atoms with Crippen molar-refractivity contribution in [3.05, 3.63) is 29.6 Å². The van der Waals surface area contributed by atoms with Gasteiger partial charge in [0.15, 0.2) is 0 Å². The molecule has 2 heterocycles. The molecule has 6 nitrogen and oxygen atoms in total. The molecule has 1 aromatic heterocycles. The fourth-order valence-corrected chi connectivity index (χ4v) is 2.27. The Kier molecular flexibility index (Phi) is 3.80. The lowest BCUT2D eigenvalue weighted by molar-refractivity contribution is 0.0533. The van der Waals surface area contributed by atoms with E-state index >= 15 is 0 Å². The topological polar surface area (TPSA) is 79.5 Å². The third-order valence-corrected chi connectivity index (χ3v) is 3.35. The monoisotopic (exact) mass is 262 g/mol. The first-order valence-electron chi connectivity index (χ1n) is 6.24. The van der Waals surface area contributed by atoms with E-state index in [1.165, 1.54) is 12.3 Å². The molecular weight excluding hydrogens is 244 g/mol. The number of hydrogen-bond donors (Lipinski definition) is 1. The molecule has 0 aliphatic carbocycles. The molecule has 2 N–H and O–H groups in total. The summed E-state index contributed by atoms with van der Waals surface area (Å²) in [7, 11) is 2.04. The molecule has 1 fully saturated rings.